The van der Waals surface area contributed by atoms with Crippen LogP contribution in [0.25, 0.3) is 0 Å². The van der Waals surface area contributed by atoms with E-state index in [0.29, 0.717) is 6.04 Å². The van der Waals surface area contributed by atoms with Crippen molar-refractivity contribution in [1.82, 2.24) is 5.32 Å². The summed E-state index contributed by atoms with van der Waals surface area (Å²) < 4.78 is 0. The molecule has 0 fully saturated rings. The highest BCUT2D eigenvalue weighted by atomic mass is 14.9. The van der Waals surface area contributed by atoms with Crippen LogP contribution < -0.4 is 11.1 Å². The molecule has 0 saturated heterocycles. The molecule has 1 atom stereocenters. The van der Waals surface area contributed by atoms with Crippen molar-refractivity contribution < 1.29 is 0 Å². The third kappa shape index (κ3) is 14.0. The second-order valence-corrected chi connectivity index (χ2v) is 5.61. The summed E-state index contributed by atoms with van der Waals surface area (Å²) in [7, 11) is 0. The van der Waals surface area contributed by atoms with Gasteiger partial charge in [0, 0.05) is 6.04 Å². The zero-order chi connectivity index (χ0) is 13.5. The summed E-state index contributed by atoms with van der Waals surface area (Å²) in [6.45, 7) is 6.65. The molecule has 0 rings (SSSR count). The van der Waals surface area contributed by atoms with Gasteiger partial charge in [0.05, 0.1) is 0 Å². The summed E-state index contributed by atoms with van der Waals surface area (Å²) in [5.41, 5.74) is 5.47. The molecule has 0 heterocycles. The van der Waals surface area contributed by atoms with E-state index >= 15 is 0 Å². The van der Waals surface area contributed by atoms with Gasteiger partial charge in [-0.3, -0.25) is 0 Å². The zero-order valence-electron chi connectivity index (χ0n) is 12.8. The number of rotatable bonds is 14. The topological polar surface area (TPSA) is 38.0 Å². The van der Waals surface area contributed by atoms with Crippen LogP contribution in [0.15, 0.2) is 0 Å². The number of nitrogens with one attached hydrogen (secondary N) is 1. The number of unbranched alkanes of at least 4 members (excludes halogenated alkanes) is 8. The van der Waals surface area contributed by atoms with Gasteiger partial charge in [0.15, 0.2) is 0 Å². The highest BCUT2D eigenvalue weighted by Crippen LogP contribution is 2.08. The van der Waals surface area contributed by atoms with Crippen molar-refractivity contribution in [1.29, 1.82) is 0 Å². The first-order chi connectivity index (χ1) is 8.81. The maximum absolute atomic E-state index is 5.47. The van der Waals surface area contributed by atoms with Gasteiger partial charge < -0.3 is 11.1 Å². The van der Waals surface area contributed by atoms with E-state index in [9.17, 15) is 0 Å². The predicted molar refractivity (Wildman–Crippen MR) is 83.0 cm³/mol. The molecule has 0 aliphatic heterocycles. The monoisotopic (exact) mass is 256 g/mol. The minimum absolute atomic E-state index is 0.709. The standard InChI is InChI=1S/C16H36N2/c1-3-4-13-16(2)18-15-12-10-8-6-5-7-9-11-14-17/h16,18H,3-15,17H2,1-2H3. The zero-order valence-corrected chi connectivity index (χ0v) is 12.8. The number of nitrogens with two attached hydrogens (primary N) is 1. The van der Waals surface area contributed by atoms with Gasteiger partial charge in [-0.05, 0) is 39.3 Å². The molecular weight excluding hydrogens is 220 g/mol. The third-order valence-electron chi connectivity index (χ3n) is 3.61. The molecule has 0 amide bonds. The largest absolute Gasteiger partial charge is 0.330 e. The molecule has 110 valence electrons. The van der Waals surface area contributed by atoms with Crippen LogP contribution in [0.3, 0.4) is 0 Å². The summed E-state index contributed by atoms with van der Waals surface area (Å²) in [6, 6.07) is 0.709. The second kappa shape index (κ2) is 15.0. The first-order valence-corrected chi connectivity index (χ1v) is 8.24. The van der Waals surface area contributed by atoms with Gasteiger partial charge in [-0.1, -0.05) is 58.3 Å². The smallest absolute Gasteiger partial charge is 0.00387 e. The molecule has 18 heavy (non-hydrogen) atoms. The summed E-state index contributed by atoms with van der Waals surface area (Å²) in [5.74, 6) is 0. The van der Waals surface area contributed by atoms with Crippen molar-refractivity contribution in [3.63, 3.8) is 0 Å². The quantitative estimate of drug-likeness (QED) is 0.456. The predicted octanol–water partition coefficient (Wildman–Crippen LogP) is 4.23. The lowest BCUT2D eigenvalue weighted by Crippen LogP contribution is -2.26. The summed E-state index contributed by atoms with van der Waals surface area (Å²) in [6.07, 6.45) is 14.9. The molecule has 0 aliphatic rings. The van der Waals surface area contributed by atoms with Crippen molar-refractivity contribution in [2.45, 2.75) is 90.5 Å². The fourth-order valence-electron chi connectivity index (χ4n) is 2.29. The van der Waals surface area contributed by atoms with Crippen LogP contribution >= 0.6 is 0 Å². The summed E-state index contributed by atoms with van der Waals surface area (Å²) in [5, 5.41) is 3.62. The molecule has 0 aromatic rings. The Hall–Kier alpha value is -0.0800. The Morgan fingerprint density at radius 2 is 1.39 bits per heavy atom. The van der Waals surface area contributed by atoms with Crippen molar-refractivity contribution in [3.8, 4) is 0 Å². The van der Waals surface area contributed by atoms with Crippen molar-refractivity contribution >= 4 is 0 Å². The van der Waals surface area contributed by atoms with Crippen LogP contribution in [0.1, 0.15) is 84.5 Å². The molecule has 3 N–H and O–H groups in total. The Balaban J connectivity index is 3.02. The van der Waals surface area contributed by atoms with E-state index in [2.05, 4.69) is 19.2 Å². The molecule has 1 unspecified atom stereocenters. The molecular formula is C16H36N2. The fraction of sp³-hybridized carbons (Fsp3) is 1.00. The molecule has 2 nitrogen and oxygen atoms in total. The van der Waals surface area contributed by atoms with Crippen LogP contribution in [0.4, 0.5) is 0 Å². The van der Waals surface area contributed by atoms with Gasteiger partial charge in [0.25, 0.3) is 0 Å². The first-order valence-electron chi connectivity index (χ1n) is 8.24. The summed E-state index contributed by atoms with van der Waals surface area (Å²) >= 11 is 0. The molecule has 0 aromatic carbocycles. The summed E-state index contributed by atoms with van der Waals surface area (Å²) in [4.78, 5) is 0. The van der Waals surface area contributed by atoms with E-state index in [4.69, 9.17) is 5.73 Å². The van der Waals surface area contributed by atoms with Crippen LogP contribution in [0, 0.1) is 0 Å². The minimum atomic E-state index is 0.709. The molecule has 0 radical (unpaired) electrons. The highest BCUT2D eigenvalue weighted by Gasteiger charge is 1.99. The molecule has 0 aliphatic carbocycles. The molecule has 0 saturated carbocycles. The molecule has 0 bridgehead atoms. The third-order valence-corrected chi connectivity index (χ3v) is 3.61. The van der Waals surface area contributed by atoms with Gasteiger partial charge in [-0.15, -0.1) is 0 Å². The Labute approximate surface area is 115 Å². The molecule has 0 aromatic heterocycles. The van der Waals surface area contributed by atoms with Gasteiger partial charge in [0.2, 0.25) is 0 Å². The Morgan fingerprint density at radius 1 is 0.833 bits per heavy atom. The SMILES string of the molecule is CCCCC(C)NCCCCCCCCCCN. The van der Waals surface area contributed by atoms with E-state index in [-0.39, 0.29) is 0 Å². The van der Waals surface area contributed by atoms with E-state index < -0.39 is 0 Å². The Morgan fingerprint density at radius 3 is 1.94 bits per heavy atom. The van der Waals surface area contributed by atoms with E-state index in [1.807, 2.05) is 0 Å². The number of hydrogen-bond donors (Lipinski definition) is 2. The second-order valence-electron chi connectivity index (χ2n) is 5.61. The van der Waals surface area contributed by atoms with Crippen LogP contribution in [0.5, 0.6) is 0 Å². The van der Waals surface area contributed by atoms with Crippen LogP contribution in [-0.2, 0) is 0 Å². The van der Waals surface area contributed by atoms with Crippen molar-refractivity contribution in [2.24, 2.45) is 5.73 Å². The van der Waals surface area contributed by atoms with E-state index in [0.717, 1.165) is 6.54 Å². The average Bonchev–Trinajstić information content (AvgIpc) is 2.38. The van der Waals surface area contributed by atoms with Crippen LogP contribution in [0.2, 0.25) is 0 Å². The maximum Gasteiger partial charge on any atom is 0.00387 e. The lowest BCUT2D eigenvalue weighted by molar-refractivity contribution is 0.476. The van der Waals surface area contributed by atoms with E-state index in [1.165, 1.54) is 77.2 Å². The van der Waals surface area contributed by atoms with Gasteiger partial charge in [-0.25, -0.2) is 0 Å². The minimum Gasteiger partial charge on any atom is -0.330 e. The van der Waals surface area contributed by atoms with E-state index in [1.54, 1.807) is 0 Å². The first kappa shape index (κ1) is 17.9. The van der Waals surface area contributed by atoms with Gasteiger partial charge in [0.1, 0.15) is 0 Å². The molecule has 2 heteroatoms. The highest BCUT2D eigenvalue weighted by molar-refractivity contribution is 4.60. The Bertz CT molecular complexity index is 148. The van der Waals surface area contributed by atoms with Gasteiger partial charge in [-0.2, -0.15) is 0 Å². The van der Waals surface area contributed by atoms with Gasteiger partial charge >= 0.3 is 0 Å². The molecule has 0 spiro atoms. The van der Waals surface area contributed by atoms with Crippen molar-refractivity contribution in [2.75, 3.05) is 13.1 Å². The lowest BCUT2D eigenvalue weighted by Gasteiger charge is -2.12. The Kier molecular flexibility index (Phi) is 14.9. The van der Waals surface area contributed by atoms with Crippen LogP contribution in [-0.4, -0.2) is 19.1 Å². The normalized spacial score (nSPS) is 12.8. The maximum atomic E-state index is 5.47. The number of hydrogen-bond acceptors (Lipinski definition) is 2. The fourth-order valence-corrected chi connectivity index (χ4v) is 2.29. The average molecular weight is 256 g/mol. The lowest BCUT2D eigenvalue weighted by atomic mass is 10.1. The van der Waals surface area contributed by atoms with Crippen molar-refractivity contribution in [3.05, 3.63) is 0 Å².